The van der Waals surface area contributed by atoms with Crippen molar-refractivity contribution in [1.29, 1.82) is 0 Å². The quantitative estimate of drug-likeness (QED) is 0.584. The molecule has 0 radical (unpaired) electrons. The van der Waals surface area contributed by atoms with Gasteiger partial charge < -0.3 is 13.9 Å². The fourth-order valence-electron chi connectivity index (χ4n) is 2.77. The summed E-state index contributed by atoms with van der Waals surface area (Å²) in [5.41, 5.74) is 1.75. The molecule has 136 valence electrons. The molecule has 0 spiro atoms. The number of benzene rings is 1. The van der Waals surface area contributed by atoms with Crippen LogP contribution in [0.25, 0.3) is 11.5 Å². The molecule has 0 N–H and O–H groups in total. The summed E-state index contributed by atoms with van der Waals surface area (Å²) >= 11 is 1.53. The maximum Gasteiger partial charge on any atom is 0.226 e. The average molecular weight is 373 g/mol. The molecule has 0 bridgehead atoms. The molecule has 1 atom stereocenters. The van der Waals surface area contributed by atoms with Crippen LogP contribution in [0.15, 0.2) is 40.1 Å². The summed E-state index contributed by atoms with van der Waals surface area (Å²) in [4.78, 5) is 4.54. The van der Waals surface area contributed by atoms with E-state index in [9.17, 15) is 0 Å². The number of thioether (sulfide) groups is 1. The van der Waals surface area contributed by atoms with Crippen molar-refractivity contribution in [2.24, 2.45) is 0 Å². The fourth-order valence-corrected chi connectivity index (χ4v) is 3.54. The first kappa shape index (κ1) is 17.0. The van der Waals surface area contributed by atoms with E-state index in [0.29, 0.717) is 18.2 Å². The lowest BCUT2D eigenvalue weighted by molar-refractivity contribution is 0.0912. The van der Waals surface area contributed by atoms with Crippen LogP contribution in [0.3, 0.4) is 0 Å². The zero-order valence-electron chi connectivity index (χ0n) is 14.4. The van der Waals surface area contributed by atoms with E-state index in [1.165, 1.54) is 11.8 Å². The van der Waals surface area contributed by atoms with Crippen LogP contribution in [0.5, 0.6) is 5.75 Å². The van der Waals surface area contributed by atoms with Crippen molar-refractivity contribution in [2.45, 2.75) is 36.4 Å². The zero-order valence-corrected chi connectivity index (χ0v) is 15.2. The molecule has 1 fully saturated rings. The Kier molecular flexibility index (Phi) is 5.16. The van der Waals surface area contributed by atoms with Crippen molar-refractivity contribution in [2.75, 3.05) is 13.7 Å². The van der Waals surface area contributed by atoms with Gasteiger partial charge in [-0.2, -0.15) is 0 Å². The van der Waals surface area contributed by atoms with E-state index in [1.807, 2.05) is 24.3 Å². The summed E-state index contributed by atoms with van der Waals surface area (Å²) in [6.07, 6.45) is 4.02. The van der Waals surface area contributed by atoms with Gasteiger partial charge in [-0.25, -0.2) is 9.67 Å². The van der Waals surface area contributed by atoms with E-state index >= 15 is 0 Å². The molecule has 1 saturated heterocycles. The number of aromatic nitrogens is 5. The van der Waals surface area contributed by atoms with Crippen molar-refractivity contribution in [3.8, 4) is 17.2 Å². The molecule has 26 heavy (non-hydrogen) atoms. The summed E-state index contributed by atoms with van der Waals surface area (Å²) in [6.45, 7) is 1.51. The minimum atomic E-state index is 0.201. The third kappa shape index (κ3) is 3.88. The monoisotopic (exact) mass is 373 g/mol. The van der Waals surface area contributed by atoms with Crippen molar-refractivity contribution < 1.29 is 13.9 Å². The van der Waals surface area contributed by atoms with E-state index in [1.54, 1.807) is 18.1 Å². The lowest BCUT2D eigenvalue weighted by Crippen LogP contribution is -2.16. The van der Waals surface area contributed by atoms with Gasteiger partial charge in [-0.15, -0.1) is 5.10 Å². The molecule has 0 saturated carbocycles. The number of rotatable bonds is 7. The predicted molar refractivity (Wildman–Crippen MR) is 94.8 cm³/mol. The third-order valence-corrected chi connectivity index (χ3v) is 5.13. The van der Waals surface area contributed by atoms with E-state index in [0.717, 1.165) is 41.6 Å². The zero-order chi connectivity index (χ0) is 17.8. The summed E-state index contributed by atoms with van der Waals surface area (Å²) in [5.74, 6) is 2.02. The number of hydrogen-bond acceptors (Lipinski definition) is 8. The van der Waals surface area contributed by atoms with Crippen LogP contribution >= 0.6 is 11.8 Å². The number of hydrogen-bond donors (Lipinski definition) is 0. The highest BCUT2D eigenvalue weighted by molar-refractivity contribution is 7.98. The third-order valence-electron chi connectivity index (χ3n) is 4.14. The first-order valence-electron chi connectivity index (χ1n) is 8.41. The van der Waals surface area contributed by atoms with Crippen molar-refractivity contribution in [3.05, 3.63) is 36.2 Å². The number of ether oxygens (including phenoxy) is 2. The average Bonchev–Trinajstić information content (AvgIpc) is 3.43. The Morgan fingerprint density at radius 2 is 2.19 bits per heavy atom. The summed E-state index contributed by atoms with van der Waals surface area (Å²) in [6, 6.07) is 7.61. The van der Waals surface area contributed by atoms with Gasteiger partial charge in [0.2, 0.25) is 11.0 Å². The van der Waals surface area contributed by atoms with Gasteiger partial charge in [0.05, 0.1) is 25.5 Å². The van der Waals surface area contributed by atoms with Crippen molar-refractivity contribution in [3.63, 3.8) is 0 Å². The molecule has 1 aliphatic heterocycles. The smallest absolute Gasteiger partial charge is 0.226 e. The first-order valence-corrected chi connectivity index (χ1v) is 9.40. The molecule has 1 aliphatic rings. The van der Waals surface area contributed by atoms with Crippen LogP contribution in [-0.4, -0.2) is 45.0 Å². The van der Waals surface area contributed by atoms with E-state index in [-0.39, 0.29) is 6.10 Å². The second kappa shape index (κ2) is 7.88. The van der Waals surface area contributed by atoms with Crippen molar-refractivity contribution >= 4 is 11.8 Å². The summed E-state index contributed by atoms with van der Waals surface area (Å²) < 4.78 is 18.2. The molecule has 9 heteroatoms. The van der Waals surface area contributed by atoms with Crippen LogP contribution in [0.2, 0.25) is 0 Å². The van der Waals surface area contributed by atoms with Gasteiger partial charge >= 0.3 is 0 Å². The summed E-state index contributed by atoms with van der Waals surface area (Å²) in [5, 5.41) is 12.7. The minimum Gasteiger partial charge on any atom is -0.497 e. The highest BCUT2D eigenvalue weighted by atomic mass is 32.2. The molecule has 1 unspecified atom stereocenters. The highest BCUT2D eigenvalue weighted by Gasteiger charge is 2.19. The normalized spacial score (nSPS) is 16.9. The van der Waals surface area contributed by atoms with Crippen LogP contribution in [-0.2, 0) is 17.0 Å². The highest BCUT2D eigenvalue weighted by Crippen LogP contribution is 2.25. The Hall–Kier alpha value is -2.39. The second-order valence-corrected chi connectivity index (χ2v) is 6.88. The number of tetrazole rings is 1. The van der Waals surface area contributed by atoms with Gasteiger partial charge in [-0.05, 0) is 47.5 Å². The van der Waals surface area contributed by atoms with Gasteiger partial charge in [0, 0.05) is 17.9 Å². The summed E-state index contributed by atoms with van der Waals surface area (Å²) in [7, 11) is 1.64. The van der Waals surface area contributed by atoms with Crippen LogP contribution in [0, 0.1) is 0 Å². The molecule has 4 rings (SSSR count). The lowest BCUT2D eigenvalue weighted by Gasteiger charge is -2.09. The second-order valence-electron chi connectivity index (χ2n) is 5.94. The Balaban J connectivity index is 1.38. The standard InChI is InChI=1S/C17H19N5O3S/c1-23-14-6-4-12(5-7-14)16-18-13(10-25-16)11-26-17-19-20-21-22(17)9-15-3-2-8-24-15/h4-7,10,15H,2-3,8-9,11H2,1H3. The first-order chi connectivity index (χ1) is 12.8. The largest absolute Gasteiger partial charge is 0.497 e. The molecular formula is C17H19N5O3S. The molecule has 3 heterocycles. The number of methoxy groups -OCH3 is 1. The van der Waals surface area contributed by atoms with Crippen molar-refractivity contribution in [1.82, 2.24) is 25.2 Å². The minimum absolute atomic E-state index is 0.201. The molecule has 8 nitrogen and oxygen atoms in total. The van der Waals surface area contributed by atoms with Gasteiger partial charge in [0.25, 0.3) is 0 Å². The molecule has 2 aromatic heterocycles. The van der Waals surface area contributed by atoms with E-state index in [4.69, 9.17) is 13.9 Å². The van der Waals surface area contributed by atoms with Crippen LogP contribution < -0.4 is 4.74 Å². The predicted octanol–water partition coefficient (Wildman–Crippen LogP) is 2.81. The van der Waals surface area contributed by atoms with Gasteiger partial charge in [0.1, 0.15) is 12.0 Å². The van der Waals surface area contributed by atoms with Gasteiger partial charge in [-0.3, -0.25) is 0 Å². The van der Waals surface area contributed by atoms with E-state index in [2.05, 4.69) is 20.5 Å². The Morgan fingerprint density at radius 1 is 1.31 bits per heavy atom. The Bertz CT molecular complexity index is 842. The maximum absolute atomic E-state index is 5.65. The topological polar surface area (TPSA) is 88.1 Å². The Labute approximate surface area is 154 Å². The van der Waals surface area contributed by atoms with Gasteiger partial charge in [-0.1, -0.05) is 11.8 Å². The Morgan fingerprint density at radius 3 is 2.96 bits per heavy atom. The lowest BCUT2D eigenvalue weighted by atomic mass is 10.2. The van der Waals surface area contributed by atoms with Gasteiger partial charge in [0.15, 0.2) is 0 Å². The van der Waals surface area contributed by atoms with Crippen LogP contribution in [0.1, 0.15) is 18.5 Å². The molecule has 0 aliphatic carbocycles. The molecular weight excluding hydrogens is 354 g/mol. The number of oxazole rings is 1. The van der Waals surface area contributed by atoms with Crippen LogP contribution in [0.4, 0.5) is 0 Å². The molecule has 1 aromatic carbocycles. The fraction of sp³-hybridized carbons (Fsp3) is 0.412. The molecule has 0 amide bonds. The van der Waals surface area contributed by atoms with E-state index < -0.39 is 0 Å². The maximum atomic E-state index is 5.65. The molecule has 3 aromatic rings. The number of nitrogens with zero attached hydrogens (tertiary/aromatic N) is 5. The SMILES string of the molecule is COc1ccc(-c2nc(CSc3nnnn3CC3CCCO3)co2)cc1.